The van der Waals surface area contributed by atoms with Crippen LogP contribution < -0.4 is 15.2 Å². The van der Waals surface area contributed by atoms with E-state index in [4.69, 9.17) is 15.2 Å². The summed E-state index contributed by atoms with van der Waals surface area (Å²) in [6.07, 6.45) is -0.276. The molecule has 0 aliphatic carbocycles. The first kappa shape index (κ1) is 14.1. The van der Waals surface area contributed by atoms with Crippen molar-refractivity contribution in [2.24, 2.45) is 5.73 Å². The number of hydrogen-bond acceptors (Lipinski definition) is 5. The molecule has 0 saturated carbocycles. The van der Waals surface area contributed by atoms with Gasteiger partial charge in [0.15, 0.2) is 21.3 Å². The second-order valence-electron chi connectivity index (χ2n) is 4.86. The highest BCUT2D eigenvalue weighted by Gasteiger charge is 2.35. The number of benzene rings is 1. The van der Waals surface area contributed by atoms with Crippen molar-refractivity contribution in [2.75, 3.05) is 25.2 Å². The zero-order valence-electron chi connectivity index (χ0n) is 11.1. The van der Waals surface area contributed by atoms with Crippen LogP contribution in [-0.4, -0.2) is 39.7 Å². The van der Waals surface area contributed by atoms with E-state index in [1.54, 1.807) is 7.11 Å². The van der Waals surface area contributed by atoms with Crippen LogP contribution in [0.1, 0.15) is 18.4 Å². The number of ether oxygens (including phenoxy) is 2. The molecule has 0 bridgehead atoms. The van der Waals surface area contributed by atoms with E-state index in [-0.39, 0.29) is 23.5 Å². The quantitative estimate of drug-likeness (QED) is 0.871. The van der Waals surface area contributed by atoms with Crippen LogP contribution in [0.4, 0.5) is 0 Å². The fourth-order valence-corrected chi connectivity index (χ4v) is 3.16. The van der Waals surface area contributed by atoms with Gasteiger partial charge in [-0.05, 0) is 30.2 Å². The Balaban J connectivity index is 2.17. The van der Waals surface area contributed by atoms with Crippen molar-refractivity contribution in [3.05, 3.63) is 23.8 Å². The standard InChI is InChI=1S/C13H19NO4S/c1-9(6-14)10-3-4-12(17-2)13(5-10)18-11-7-19(15,16)8-11/h3-5,9,11H,6-8,14H2,1-2H3. The molecule has 0 spiro atoms. The SMILES string of the molecule is COc1ccc(C(C)CN)cc1OC1CS(=O)(=O)C1. The average molecular weight is 285 g/mol. The third-order valence-corrected chi connectivity index (χ3v) is 5.04. The van der Waals surface area contributed by atoms with E-state index < -0.39 is 9.84 Å². The van der Waals surface area contributed by atoms with Crippen molar-refractivity contribution in [3.8, 4) is 11.5 Å². The van der Waals surface area contributed by atoms with Gasteiger partial charge in [-0.25, -0.2) is 8.42 Å². The molecule has 1 aromatic carbocycles. The van der Waals surface area contributed by atoms with Gasteiger partial charge in [-0.2, -0.15) is 0 Å². The molecule has 2 rings (SSSR count). The van der Waals surface area contributed by atoms with E-state index in [1.807, 2.05) is 25.1 Å². The van der Waals surface area contributed by atoms with Gasteiger partial charge in [0, 0.05) is 0 Å². The summed E-state index contributed by atoms with van der Waals surface area (Å²) in [6.45, 7) is 2.57. The fourth-order valence-electron chi connectivity index (χ4n) is 1.99. The molecule has 1 atom stereocenters. The maximum absolute atomic E-state index is 11.1. The molecule has 0 aromatic heterocycles. The Bertz CT molecular complexity index is 544. The molecular weight excluding hydrogens is 266 g/mol. The van der Waals surface area contributed by atoms with Gasteiger partial charge in [0.05, 0.1) is 18.6 Å². The van der Waals surface area contributed by atoms with Crippen LogP contribution >= 0.6 is 0 Å². The van der Waals surface area contributed by atoms with Crippen molar-refractivity contribution >= 4 is 9.84 Å². The Labute approximate surface area is 113 Å². The van der Waals surface area contributed by atoms with Gasteiger partial charge in [0.25, 0.3) is 0 Å². The van der Waals surface area contributed by atoms with Crippen molar-refractivity contribution in [1.82, 2.24) is 0 Å². The van der Waals surface area contributed by atoms with Crippen LogP contribution in [0.25, 0.3) is 0 Å². The topological polar surface area (TPSA) is 78.6 Å². The van der Waals surface area contributed by atoms with Crippen molar-refractivity contribution in [1.29, 1.82) is 0 Å². The van der Waals surface area contributed by atoms with E-state index in [9.17, 15) is 8.42 Å². The van der Waals surface area contributed by atoms with E-state index in [2.05, 4.69) is 0 Å². The van der Waals surface area contributed by atoms with Gasteiger partial charge >= 0.3 is 0 Å². The maximum Gasteiger partial charge on any atom is 0.161 e. The summed E-state index contributed by atoms with van der Waals surface area (Å²) in [4.78, 5) is 0. The minimum Gasteiger partial charge on any atom is -0.493 e. The Hall–Kier alpha value is -1.27. The summed E-state index contributed by atoms with van der Waals surface area (Å²) in [5.74, 6) is 1.57. The zero-order chi connectivity index (χ0) is 14.0. The predicted octanol–water partition coefficient (Wildman–Crippen LogP) is 0.933. The van der Waals surface area contributed by atoms with Crippen molar-refractivity contribution in [3.63, 3.8) is 0 Å². The van der Waals surface area contributed by atoms with E-state index >= 15 is 0 Å². The van der Waals surface area contributed by atoms with Crippen molar-refractivity contribution in [2.45, 2.75) is 18.9 Å². The Kier molecular flexibility index (Phi) is 4.01. The minimum absolute atomic E-state index is 0.0762. The second kappa shape index (κ2) is 5.38. The van der Waals surface area contributed by atoms with E-state index in [0.29, 0.717) is 18.0 Å². The van der Waals surface area contributed by atoms with Gasteiger partial charge in [-0.1, -0.05) is 13.0 Å². The highest BCUT2D eigenvalue weighted by molar-refractivity contribution is 7.92. The first-order valence-electron chi connectivity index (χ1n) is 6.20. The van der Waals surface area contributed by atoms with Crippen molar-refractivity contribution < 1.29 is 17.9 Å². The fraction of sp³-hybridized carbons (Fsp3) is 0.538. The lowest BCUT2D eigenvalue weighted by molar-refractivity contribution is 0.219. The third-order valence-electron chi connectivity index (χ3n) is 3.28. The molecule has 1 aromatic rings. The summed E-state index contributed by atoms with van der Waals surface area (Å²) in [6, 6.07) is 5.64. The molecule has 0 amide bonds. The largest absolute Gasteiger partial charge is 0.493 e. The first-order chi connectivity index (χ1) is 8.95. The lowest BCUT2D eigenvalue weighted by atomic mass is 10.0. The molecule has 5 nitrogen and oxygen atoms in total. The van der Waals surface area contributed by atoms with Gasteiger partial charge in [-0.15, -0.1) is 0 Å². The number of sulfone groups is 1. The average Bonchev–Trinajstić information content (AvgIpc) is 2.35. The zero-order valence-corrected chi connectivity index (χ0v) is 11.9. The van der Waals surface area contributed by atoms with Crippen LogP contribution in [-0.2, 0) is 9.84 Å². The number of hydrogen-bond donors (Lipinski definition) is 1. The second-order valence-corrected chi connectivity index (χ2v) is 7.02. The molecule has 1 aliphatic heterocycles. The van der Waals surface area contributed by atoms with Gasteiger partial charge in [0.1, 0.15) is 6.10 Å². The molecule has 0 radical (unpaired) electrons. The molecule has 1 aliphatic rings. The number of methoxy groups -OCH3 is 1. The molecule has 1 unspecified atom stereocenters. The van der Waals surface area contributed by atoms with Gasteiger partial charge in [-0.3, -0.25) is 0 Å². The highest BCUT2D eigenvalue weighted by atomic mass is 32.2. The van der Waals surface area contributed by atoms with Crippen LogP contribution in [0.3, 0.4) is 0 Å². The number of nitrogens with two attached hydrogens (primary N) is 1. The number of rotatable bonds is 5. The predicted molar refractivity (Wildman–Crippen MR) is 73.5 cm³/mol. The van der Waals surface area contributed by atoms with E-state index in [1.165, 1.54) is 0 Å². The van der Waals surface area contributed by atoms with Gasteiger partial charge < -0.3 is 15.2 Å². The Morgan fingerprint density at radius 2 is 2.05 bits per heavy atom. The molecule has 1 fully saturated rings. The normalized spacial score (nSPS) is 19.5. The molecule has 6 heteroatoms. The van der Waals surface area contributed by atoms with Crippen LogP contribution in [0, 0.1) is 0 Å². The summed E-state index contributed by atoms with van der Waals surface area (Å²) in [7, 11) is -1.33. The molecular formula is C13H19NO4S. The first-order valence-corrected chi connectivity index (χ1v) is 8.02. The smallest absolute Gasteiger partial charge is 0.161 e. The molecule has 1 saturated heterocycles. The highest BCUT2D eigenvalue weighted by Crippen LogP contribution is 2.32. The summed E-state index contributed by atoms with van der Waals surface area (Å²) in [5.41, 5.74) is 6.70. The molecule has 106 valence electrons. The lowest BCUT2D eigenvalue weighted by Crippen LogP contribution is -2.45. The van der Waals surface area contributed by atoms with Gasteiger partial charge in [0.2, 0.25) is 0 Å². The molecule has 2 N–H and O–H groups in total. The van der Waals surface area contributed by atoms with Crippen LogP contribution in [0.5, 0.6) is 11.5 Å². The third kappa shape index (κ3) is 3.19. The summed E-state index contributed by atoms with van der Waals surface area (Å²) < 4.78 is 33.2. The minimum atomic E-state index is -2.89. The monoisotopic (exact) mass is 285 g/mol. The Morgan fingerprint density at radius 1 is 1.37 bits per heavy atom. The maximum atomic E-state index is 11.1. The van der Waals surface area contributed by atoms with E-state index in [0.717, 1.165) is 5.56 Å². The van der Waals surface area contributed by atoms with Crippen LogP contribution in [0.2, 0.25) is 0 Å². The molecule has 19 heavy (non-hydrogen) atoms. The summed E-state index contributed by atoms with van der Waals surface area (Å²) in [5, 5.41) is 0. The Morgan fingerprint density at radius 3 is 2.58 bits per heavy atom. The summed E-state index contributed by atoms with van der Waals surface area (Å²) >= 11 is 0. The van der Waals surface area contributed by atoms with Crippen LogP contribution in [0.15, 0.2) is 18.2 Å². The lowest BCUT2D eigenvalue weighted by Gasteiger charge is -2.27. The molecule has 1 heterocycles.